The van der Waals surface area contributed by atoms with Crippen LogP contribution >= 0.6 is 0 Å². The molecule has 9 heteroatoms. The number of aliphatic hydroxyl groups excluding tert-OH is 1. The molecule has 6 rings (SSSR count). The van der Waals surface area contributed by atoms with Crippen molar-refractivity contribution in [3.63, 3.8) is 0 Å². The van der Waals surface area contributed by atoms with Gasteiger partial charge < -0.3 is 19.6 Å². The number of fused-ring (bicyclic) bond motifs is 2. The predicted molar refractivity (Wildman–Crippen MR) is 125 cm³/mol. The lowest BCUT2D eigenvalue weighted by Crippen LogP contribution is -2.30. The Morgan fingerprint density at radius 1 is 1.00 bits per heavy atom. The molecule has 0 radical (unpaired) electrons. The average Bonchev–Trinajstić information content (AvgIpc) is 3.42. The molecule has 3 aromatic carbocycles. The summed E-state index contributed by atoms with van der Waals surface area (Å²) in [6.45, 7) is 0.733. The number of carbonyl (C=O) groups is 2. The van der Waals surface area contributed by atoms with Crippen molar-refractivity contribution in [3.8, 4) is 11.5 Å². The summed E-state index contributed by atoms with van der Waals surface area (Å²) in [5.74, 6) is -2.00. The molecule has 1 unspecified atom stereocenters. The van der Waals surface area contributed by atoms with E-state index in [-0.39, 0.29) is 22.6 Å². The van der Waals surface area contributed by atoms with Crippen LogP contribution in [0.5, 0.6) is 11.5 Å². The number of hydrogen-bond acceptors (Lipinski definition) is 6. The number of ketones is 1. The number of rotatable bonds is 3. The normalized spacial score (nSPS) is 18.9. The highest BCUT2D eigenvalue weighted by Gasteiger charge is 2.49. The number of aliphatic hydroxyl groups is 1. The van der Waals surface area contributed by atoms with Gasteiger partial charge >= 0.3 is 5.91 Å². The number of hydrogen-bond donors (Lipinski definition) is 2. The van der Waals surface area contributed by atoms with Gasteiger partial charge in [0.2, 0.25) is 5.95 Å². The molecule has 1 aromatic heterocycles. The summed E-state index contributed by atoms with van der Waals surface area (Å²) in [7, 11) is 0. The van der Waals surface area contributed by atoms with E-state index in [1.165, 1.54) is 24.3 Å². The Bertz CT molecular complexity index is 1510. The Labute approximate surface area is 198 Å². The van der Waals surface area contributed by atoms with Crippen molar-refractivity contribution in [1.82, 2.24) is 9.97 Å². The number of halogens is 1. The van der Waals surface area contributed by atoms with Crippen LogP contribution in [0, 0.1) is 5.82 Å². The van der Waals surface area contributed by atoms with Crippen LogP contribution in [-0.2, 0) is 9.59 Å². The fraction of sp³-hybridized carbons (Fsp3) is 0.115. The number of imidazole rings is 1. The Morgan fingerprint density at radius 3 is 2.54 bits per heavy atom. The number of nitrogens with zero attached hydrogens (tertiary/aromatic N) is 2. The molecule has 3 heterocycles. The van der Waals surface area contributed by atoms with E-state index < -0.39 is 29.3 Å². The van der Waals surface area contributed by atoms with Gasteiger partial charge in [0, 0.05) is 11.1 Å². The van der Waals surface area contributed by atoms with Crippen LogP contribution in [0.4, 0.5) is 10.3 Å². The zero-order valence-corrected chi connectivity index (χ0v) is 18.2. The van der Waals surface area contributed by atoms with Crippen LogP contribution in [0.3, 0.4) is 0 Å². The molecule has 0 saturated carbocycles. The summed E-state index contributed by atoms with van der Waals surface area (Å²) in [6.07, 6.45) is 0. The molecule has 35 heavy (non-hydrogen) atoms. The quantitative estimate of drug-likeness (QED) is 0.265. The molecular weight excluding hydrogens is 453 g/mol. The number of ether oxygens (including phenoxy) is 2. The van der Waals surface area contributed by atoms with E-state index in [4.69, 9.17) is 9.47 Å². The third-order valence-electron chi connectivity index (χ3n) is 6.06. The Hall–Kier alpha value is -4.66. The monoisotopic (exact) mass is 471 g/mol. The summed E-state index contributed by atoms with van der Waals surface area (Å²) >= 11 is 0. The van der Waals surface area contributed by atoms with Crippen molar-refractivity contribution in [2.24, 2.45) is 0 Å². The second kappa shape index (κ2) is 7.98. The summed E-state index contributed by atoms with van der Waals surface area (Å²) in [5.41, 5.74) is 1.24. The molecule has 174 valence electrons. The van der Waals surface area contributed by atoms with Crippen molar-refractivity contribution in [1.29, 1.82) is 0 Å². The zero-order valence-electron chi connectivity index (χ0n) is 18.2. The molecule has 1 saturated heterocycles. The number of Topliss-reactive ketones (excluding diaryl/α,β-unsaturated/α-hetero) is 1. The fourth-order valence-corrected chi connectivity index (χ4v) is 4.44. The number of nitrogens with one attached hydrogen (secondary N) is 1. The van der Waals surface area contributed by atoms with Crippen LogP contribution in [0.15, 0.2) is 72.3 Å². The molecule has 1 atom stereocenters. The number of benzene rings is 3. The van der Waals surface area contributed by atoms with E-state index in [1.54, 1.807) is 42.5 Å². The van der Waals surface area contributed by atoms with E-state index in [0.29, 0.717) is 35.7 Å². The van der Waals surface area contributed by atoms with Gasteiger partial charge in [-0.25, -0.2) is 9.37 Å². The highest BCUT2D eigenvalue weighted by atomic mass is 19.1. The molecule has 0 bridgehead atoms. The van der Waals surface area contributed by atoms with Crippen LogP contribution < -0.4 is 14.4 Å². The highest BCUT2D eigenvalue weighted by molar-refractivity contribution is 6.51. The third kappa shape index (κ3) is 3.31. The number of aromatic amines is 1. The summed E-state index contributed by atoms with van der Waals surface area (Å²) < 4.78 is 26.1. The highest BCUT2D eigenvalue weighted by Crippen LogP contribution is 2.43. The van der Waals surface area contributed by atoms with E-state index in [0.717, 1.165) is 4.90 Å². The lowest BCUT2D eigenvalue weighted by atomic mass is 9.95. The number of carbonyl (C=O) groups excluding carboxylic acids is 2. The van der Waals surface area contributed by atoms with Gasteiger partial charge in [-0.2, -0.15) is 0 Å². The van der Waals surface area contributed by atoms with Crippen LogP contribution in [0.1, 0.15) is 17.2 Å². The van der Waals surface area contributed by atoms with E-state index in [1.807, 2.05) is 0 Å². The van der Waals surface area contributed by atoms with Gasteiger partial charge in [0.05, 0.1) is 16.6 Å². The van der Waals surface area contributed by atoms with Gasteiger partial charge in [0.1, 0.15) is 30.8 Å². The largest absolute Gasteiger partial charge is 0.507 e. The van der Waals surface area contributed by atoms with Gasteiger partial charge in [0.25, 0.3) is 5.78 Å². The van der Waals surface area contributed by atoms with E-state index in [2.05, 4.69) is 9.97 Å². The second-order valence-electron chi connectivity index (χ2n) is 8.13. The molecule has 0 aliphatic carbocycles. The van der Waals surface area contributed by atoms with Crippen molar-refractivity contribution < 1.29 is 28.6 Å². The van der Waals surface area contributed by atoms with Crippen molar-refractivity contribution in [2.45, 2.75) is 6.04 Å². The van der Waals surface area contributed by atoms with Gasteiger partial charge in [-0.1, -0.05) is 30.3 Å². The smallest absolute Gasteiger partial charge is 0.302 e. The Kier molecular flexibility index (Phi) is 4.77. The van der Waals surface area contributed by atoms with Gasteiger partial charge in [0.15, 0.2) is 11.5 Å². The molecule has 0 spiro atoms. The lowest BCUT2D eigenvalue weighted by Gasteiger charge is -2.23. The van der Waals surface area contributed by atoms with Crippen molar-refractivity contribution in [2.75, 3.05) is 18.1 Å². The van der Waals surface area contributed by atoms with Crippen molar-refractivity contribution in [3.05, 3.63) is 89.2 Å². The summed E-state index contributed by atoms with van der Waals surface area (Å²) in [6, 6.07) is 16.4. The molecule has 1 amide bonds. The summed E-state index contributed by atoms with van der Waals surface area (Å²) in [4.78, 5) is 35.1. The maximum Gasteiger partial charge on any atom is 0.302 e. The second-order valence-corrected chi connectivity index (χ2v) is 8.13. The average molecular weight is 471 g/mol. The minimum absolute atomic E-state index is 0.0475. The lowest BCUT2D eigenvalue weighted by molar-refractivity contribution is -0.132. The van der Waals surface area contributed by atoms with Crippen LogP contribution in [0.25, 0.3) is 16.8 Å². The van der Waals surface area contributed by atoms with Crippen LogP contribution in [0.2, 0.25) is 0 Å². The van der Waals surface area contributed by atoms with Gasteiger partial charge in [-0.3, -0.25) is 14.5 Å². The Morgan fingerprint density at radius 2 is 1.74 bits per heavy atom. The summed E-state index contributed by atoms with van der Waals surface area (Å²) in [5, 5.41) is 11.3. The maximum absolute atomic E-state index is 15.0. The fourth-order valence-electron chi connectivity index (χ4n) is 4.44. The molecule has 2 N–H and O–H groups in total. The standard InChI is InChI=1S/C26H18FN3O5/c27-16-6-2-1-5-15(16)22-21(23(31)14-9-10-19-20(13-14)35-12-11-34-19)24(32)25(33)30(22)26-28-17-7-3-4-8-18(17)29-26/h1-10,13,22,31H,11-12H2,(H,28,29)/b23-21+. The first-order valence-corrected chi connectivity index (χ1v) is 10.9. The molecular formula is C26H18FN3O5. The number of aromatic nitrogens is 2. The van der Waals surface area contributed by atoms with Crippen molar-refractivity contribution >= 4 is 34.4 Å². The van der Waals surface area contributed by atoms with Gasteiger partial charge in [-0.05, 0) is 36.4 Å². The first-order chi connectivity index (χ1) is 17.0. The topological polar surface area (TPSA) is 105 Å². The number of H-pyrrole nitrogens is 1. The molecule has 2 aliphatic rings. The number of anilines is 1. The first kappa shape index (κ1) is 20.9. The maximum atomic E-state index is 15.0. The van der Waals surface area contributed by atoms with E-state index >= 15 is 4.39 Å². The minimum Gasteiger partial charge on any atom is -0.507 e. The minimum atomic E-state index is -1.25. The van der Waals surface area contributed by atoms with Crippen LogP contribution in [-0.4, -0.2) is 40.0 Å². The molecule has 8 nitrogen and oxygen atoms in total. The van der Waals surface area contributed by atoms with Gasteiger partial charge in [-0.15, -0.1) is 0 Å². The third-order valence-corrected chi connectivity index (χ3v) is 6.06. The van der Waals surface area contributed by atoms with E-state index in [9.17, 15) is 14.7 Å². The first-order valence-electron chi connectivity index (χ1n) is 10.9. The predicted octanol–water partition coefficient (Wildman–Crippen LogP) is 4.10. The zero-order chi connectivity index (χ0) is 24.1. The number of para-hydroxylation sites is 2. The molecule has 1 fully saturated rings. The SMILES string of the molecule is O=C1C(=O)N(c2nc3ccccc3[nH]2)C(c2ccccc2F)/C1=C(\O)c1ccc2c(c1)OCCO2. The molecule has 2 aliphatic heterocycles. The number of amides is 1. The Balaban J connectivity index is 1.56. The molecule has 4 aromatic rings.